The molecule has 4 aromatic rings. The molecule has 3 aromatic heterocycles. The summed E-state index contributed by atoms with van der Waals surface area (Å²) in [5, 5.41) is 6.59. The average Bonchev–Trinajstić information content (AvgIpc) is 3.53. The maximum absolute atomic E-state index is 13.4. The zero-order valence-electron chi connectivity index (χ0n) is 26.6. The number of aldehydes is 1. The summed E-state index contributed by atoms with van der Waals surface area (Å²) < 4.78 is 42.2. The SMILES string of the molecule is CC.CC(C)NC(=O)Nc1cc(-c2nc(C(F)(F)F)cs2)c(-c2ccc3c(c2)c(=O)c(C=O)cn3CCC2CCN(C)CC2)cn1. The van der Waals surface area contributed by atoms with E-state index in [0.717, 1.165) is 49.1 Å². The van der Waals surface area contributed by atoms with Gasteiger partial charge in [0.2, 0.25) is 0 Å². The van der Waals surface area contributed by atoms with Crippen molar-refractivity contribution < 1.29 is 22.8 Å². The molecule has 46 heavy (non-hydrogen) atoms. The number of carbonyl (C=O) groups excluding carboxylic acids is 2. The smallest absolute Gasteiger partial charge is 0.347 e. The van der Waals surface area contributed by atoms with E-state index in [0.29, 0.717) is 46.3 Å². The van der Waals surface area contributed by atoms with Crippen LogP contribution in [0.15, 0.2) is 46.8 Å². The molecular formula is C33H39F3N6O3S. The Morgan fingerprint density at radius 1 is 1.15 bits per heavy atom. The van der Waals surface area contributed by atoms with Crippen LogP contribution in [0.3, 0.4) is 0 Å². The minimum atomic E-state index is -4.63. The van der Waals surface area contributed by atoms with Crippen LogP contribution in [-0.4, -0.2) is 57.9 Å². The average molecular weight is 657 g/mol. The fraction of sp³-hybridized carbons (Fsp3) is 0.424. The number of benzene rings is 1. The number of halogens is 3. The summed E-state index contributed by atoms with van der Waals surface area (Å²) in [7, 11) is 2.11. The van der Waals surface area contributed by atoms with Gasteiger partial charge in [0.05, 0.1) is 11.1 Å². The van der Waals surface area contributed by atoms with Crippen molar-refractivity contribution in [3.8, 4) is 21.7 Å². The molecule has 2 N–H and O–H groups in total. The molecule has 0 bridgehead atoms. The second-order valence-electron chi connectivity index (χ2n) is 11.4. The van der Waals surface area contributed by atoms with E-state index < -0.39 is 23.3 Å². The van der Waals surface area contributed by atoms with Gasteiger partial charge in [-0.15, -0.1) is 11.3 Å². The number of anilines is 1. The molecule has 0 aliphatic carbocycles. The number of pyridine rings is 2. The minimum Gasteiger partial charge on any atom is -0.347 e. The van der Waals surface area contributed by atoms with E-state index in [1.807, 2.05) is 18.4 Å². The summed E-state index contributed by atoms with van der Waals surface area (Å²) >= 11 is 0.810. The van der Waals surface area contributed by atoms with Crippen LogP contribution in [0.2, 0.25) is 0 Å². The monoisotopic (exact) mass is 656 g/mol. The molecule has 13 heteroatoms. The number of likely N-dealkylation sites (tertiary alicyclic amines) is 1. The van der Waals surface area contributed by atoms with Crippen molar-refractivity contribution in [2.75, 3.05) is 25.5 Å². The van der Waals surface area contributed by atoms with Gasteiger partial charge in [0.25, 0.3) is 0 Å². The molecule has 5 rings (SSSR count). The number of urea groups is 1. The van der Waals surface area contributed by atoms with Gasteiger partial charge < -0.3 is 14.8 Å². The van der Waals surface area contributed by atoms with Crippen LogP contribution in [-0.2, 0) is 12.7 Å². The summed E-state index contributed by atoms with van der Waals surface area (Å²) in [6.45, 7) is 10.3. The lowest BCUT2D eigenvalue weighted by Gasteiger charge is -2.29. The fourth-order valence-corrected chi connectivity index (χ4v) is 6.26. The maximum atomic E-state index is 13.4. The Kier molecular flexibility index (Phi) is 11.3. The third kappa shape index (κ3) is 8.18. The van der Waals surface area contributed by atoms with E-state index >= 15 is 0 Å². The lowest BCUT2D eigenvalue weighted by atomic mass is 9.93. The van der Waals surface area contributed by atoms with Gasteiger partial charge in [-0.25, -0.2) is 14.8 Å². The molecule has 1 aliphatic heterocycles. The number of hydrogen-bond donors (Lipinski definition) is 2. The van der Waals surface area contributed by atoms with Crippen molar-refractivity contribution in [2.24, 2.45) is 5.92 Å². The first-order chi connectivity index (χ1) is 21.9. The number of rotatable bonds is 8. The molecule has 9 nitrogen and oxygen atoms in total. The Morgan fingerprint density at radius 2 is 1.87 bits per heavy atom. The number of aryl methyl sites for hydroxylation is 1. The normalized spacial score (nSPS) is 14.2. The first kappa shape index (κ1) is 34.8. The summed E-state index contributed by atoms with van der Waals surface area (Å²) in [6.07, 6.45) is 2.02. The van der Waals surface area contributed by atoms with Crippen LogP contribution < -0.4 is 16.1 Å². The quantitative estimate of drug-likeness (QED) is 0.193. The molecule has 0 spiro atoms. The van der Waals surface area contributed by atoms with E-state index in [4.69, 9.17) is 0 Å². The fourth-order valence-electron chi connectivity index (χ4n) is 5.40. The number of thiazole rings is 1. The molecule has 0 radical (unpaired) electrons. The van der Waals surface area contributed by atoms with Gasteiger partial charge in [-0.3, -0.25) is 14.9 Å². The molecular weight excluding hydrogens is 617 g/mol. The molecule has 1 aromatic carbocycles. The zero-order valence-corrected chi connectivity index (χ0v) is 27.4. The van der Waals surface area contributed by atoms with E-state index in [2.05, 4.69) is 32.5 Å². The van der Waals surface area contributed by atoms with E-state index in [9.17, 15) is 27.6 Å². The van der Waals surface area contributed by atoms with Crippen LogP contribution in [0.1, 0.15) is 63.0 Å². The second-order valence-corrected chi connectivity index (χ2v) is 12.3. The number of nitrogens with zero attached hydrogens (tertiary/aromatic N) is 4. The third-order valence-electron chi connectivity index (χ3n) is 7.75. The Morgan fingerprint density at radius 3 is 2.50 bits per heavy atom. The van der Waals surface area contributed by atoms with Crippen LogP contribution in [0.25, 0.3) is 32.6 Å². The van der Waals surface area contributed by atoms with E-state index in [-0.39, 0.29) is 22.4 Å². The lowest BCUT2D eigenvalue weighted by molar-refractivity contribution is -0.140. The second kappa shape index (κ2) is 15.0. The van der Waals surface area contributed by atoms with Crippen molar-refractivity contribution in [2.45, 2.75) is 65.7 Å². The minimum absolute atomic E-state index is 0.0295. The van der Waals surface area contributed by atoms with Gasteiger partial charge in [-0.2, -0.15) is 13.2 Å². The van der Waals surface area contributed by atoms with Crippen molar-refractivity contribution in [3.63, 3.8) is 0 Å². The van der Waals surface area contributed by atoms with Crippen molar-refractivity contribution in [1.82, 2.24) is 24.8 Å². The molecule has 246 valence electrons. The number of aromatic nitrogens is 3. The molecule has 2 amide bonds. The first-order valence-electron chi connectivity index (χ1n) is 15.3. The molecule has 4 heterocycles. The summed E-state index contributed by atoms with van der Waals surface area (Å²) in [6, 6.07) is 5.98. The number of carbonyl (C=O) groups is 2. The summed E-state index contributed by atoms with van der Waals surface area (Å²) in [4.78, 5) is 47.9. The van der Waals surface area contributed by atoms with Gasteiger partial charge in [-0.05, 0) is 82.9 Å². The molecule has 1 aliphatic rings. The Hall–Kier alpha value is -4.10. The van der Waals surface area contributed by atoms with Gasteiger partial charge in [-0.1, -0.05) is 19.9 Å². The molecule has 0 unspecified atom stereocenters. The number of hydrogen-bond acceptors (Lipinski definition) is 7. The number of amides is 2. The Labute approximate surface area is 269 Å². The number of piperidine rings is 1. The van der Waals surface area contributed by atoms with Crippen molar-refractivity contribution >= 4 is 40.4 Å². The van der Waals surface area contributed by atoms with Crippen LogP contribution in [0, 0.1) is 5.92 Å². The zero-order chi connectivity index (χ0) is 33.6. The highest BCUT2D eigenvalue weighted by Gasteiger charge is 2.34. The standard InChI is InChI=1S/C31H33F3N6O3S.C2H6/c1-18(2)36-30(43)38-27-13-22(29-37-26(17-44-29)31(32,33)34)24(14-35-27)20-4-5-25-23(12-20)28(42)21(16-41)15-40(25)11-8-19-6-9-39(3)10-7-19;1-2/h4-5,12-19H,6-11H2,1-3H3,(H2,35,36,38,43);1-2H3. The first-order valence-corrected chi connectivity index (χ1v) is 16.2. The number of fused-ring (bicyclic) bond motifs is 1. The molecule has 1 saturated heterocycles. The van der Waals surface area contributed by atoms with Crippen molar-refractivity contribution in [1.29, 1.82) is 0 Å². The van der Waals surface area contributed by atoms with E-state index in [1.165, 1.54) is 12.3 Å². The van der Waals surface area contributed by atoms with Gasteiger partial charge in [0.15, 0.2) is 17.4 Å². The highest BCUT2D eigenvalue weighted by Crippen LogP contribution is 2.39. The predicted octanol–water partition coefficient (Wildman–Crippen LogP) is 7.31. The Balaban J connectivity index is 0.00000235. The summed E-state index contributed by atoms with van der Waals surface area (Å²) in [5.41, 5.74) is 0.440. The van der Waals surface area contributed by atoms with E-state index in [1.54, 1.807) is 38.2 Å². The van der Waals surface area contributed by atoms with Crippen LogP contribution >= 0.6 is 11.3 Å². The van der Waals surface area contributed by atoms with Crippen LogP contribution in [0.4, 0.5) is 23.8 Å². The molecule has 0 atom stereocenters. The van der Waals surface area contributed by atoms with Gasteiger partial charge in [0.1, 0.15) is 10.8 Å². The molecule has 1 fully saturated rings. The van der Waals surface area contributed by atoms with Gasteiger partial charge >= 0.3 is 12.2 Å². The molecule has 0 saturated carbocycles. The third-order valence-corrected chi connectivity index (χ3v) is 8.63. The highest BCUT2D eigenvalue weighted by atomic mass is 32.1. The van der Waals surface area contributed by atoms with Gasteiger partial charge in [0, 0.05) is 46.9 Å². The highest BCUT2D eigenvalue weighted by molar-refractivity contribution is 7.13. The predicted molar refractivity (Wildman–Crippen MR) is 176 cm³/mol. The topological polar surface area (TPSA) is 109 Å². The lowest BCUT2D eigenvalue weighted by Crippen LogP contribution is -2.34. The number of alkyl halides is 3. The van der Waals surface area contributed by atoms with Crippen LogP contribution in [0.5, 0.6) is 0 Å². The Bertz CT molecular complexity index is 1740. The largest absolute Gasteiger partial charge is 0.434 e. The van der Waals surface area contributed by atoms with Crippen molar-refractivity contribution in [3.05, 3.63) is 63.5 Å². The summed E-state index contributed by atoms with van der Waals surface area (Å²) in [5.74, 6) is 0.661. The number of nitrogens with one attached hydrogen (secondary N) is 2. The maximum Gasteiger partial charge on any atom is 0.434 e.